The van der Waals surface area contributed by atoms with Crippen molar-refractivity contribution < 1.29 is 4.79 Å². The highest BCUT2D eigenvalue weighted by molar-refractivity contribution is 5.87. The van der Waals surface area contributed by atoms with Crippen molar-refractivity contribution in [3.63, 3.8) is 0 Å². The van der Waals surface area contributed by atoms with Gasteiger partial charge in [0.1, 0.15) is 11.3 Å². The summed E-state index contributed by atoms with van der Waals surface area (Å²) < 4.78 is 3.87. The summed E-state index contributed by atoms with van der Waals surface area (Å²) in [5.41, 5.74) is 13.4. The Bertz CT molecular complexity index is 1780. The summed E-state index contributed by atoms with van der Waals surface area (Å²) in [5.74, 6) is 1.99. The molecule has 4 aromatic heterocycles. The maximum absolute atomic E-state index is 11.1. The number of piperidine rings is 1. The number of imidazole rings is 1. The molecule has 0 bridgehead atoms. The zero-order chi connectivity index (χ0) is 29.9. The highest BCUT2D eigenvalue weighted by Gasteiger charge is 2.21. The molecule has 0 atom stereocenters. The summed E-state index contributed by atoms with van der Waals surface area (Å²) in [4.78, 5) is 27.1. The van der Waals surface area contributed by atoms with E-state index in [0.717, 1.165) is 78.5 Å². The van der Waals surface area contributed by atoms with Crippen LogP contribution in [-0.2, 0) is 17.6 Å². The number of hydrogen-bond acceptors (Lipinski definition) is 7. The summed E-state index contributed by atoms with van der Waals surface area (Å²) in [7, 11) is 1.97. The lowest BCUT2D eigenvalue weighted by molar-refractivity contribution is -0.127. The number of nitrogens with zero attached hydrogens (tertiary/aromatic N) is 7. The van der Waals surface area contributed by atoms with E-state index in [1.54, 1.807) is 10.9 Å². The van der Waals surface area contributed by atoms with E-state index in [1.807, 2.05) is 55.4 Å². The number of anilines is 1. The van der Waals surface area contributed by atoms with Crippen LogP contribution in [0, 0.1) is 6.92 Å². The van der Waals surface area contributed by atoms with Crippen LogP contribution >= 0.6 is 0 Å². The van der Waals surface area contributed by atoms with Crippen LogP contribution in [0.1, 0.15) is 36.1 Å². The maximum Gasteiger partial charge on any atom is 0.245 e. The molecule has 7 rings (SSSR count). The summed E-state index contributed by atoms with van der Waals surface area (Å²) >= 11 is 0. The van der Waals surface area contributed by atoms with E-state index in [4.69, 9.17) is 15.7 Å². The fourth-order valence-corrected chi connectivity index (χ4v) is 5.86. The average Bonchev–Trinajstić information content (AvgIpc) is 3.79. The van der Waals surface area contributed by atoms with Gasteiger partial charge in [0.25, 0.3) is 0 Å². The van der Waals surface area contributed by atoms with E-state index in [9.17, 15) is 4.79 Å². The average molecular weight is 576 g/mol. The maximum atomic E-state index is 11.1. The van der Waals surface area contributed by atoms with E-state index in [-0.39, 0.29) is 5.91 Å². The van der Waals surface area contributed by atoms with Crippen LogP contribution in [0.25, 0.3) is 34.1 Å². The highest BCUT2D eigenvalue weighted by Crippen LogP contribution is 2.32. The lowest BCUT2D eigenvalue weighted by atomic mass is 10.1. The van der Waals surface area contributed by atoms with E-state index in [0.29, 0.717) is 11.9 Å². The van der Waals surface area contributed by atoms with Crippen molar-refractivity contribution in [2.75, 3.05) is 25.9 Å². The molecule has 0 saturated carbocycles. The largest absolute Gasteiger partial charge is 0.383 e. The first kappa shape index (κ1) is 28.3. The van der Waals surface area contributed by atoms with Gasteiger partial charge in [-0.3, -0.25) is 9.36 Å². The van der Waals surface area contributed by atoms with E-state index >= 15 is 0 Å². The molecule has 220 valence electrons. The second-order valence-corrected chi connectivity index (χ2v) is 11.0. The summed E-state index contributed by atoms with van der Waals surface area (Å²) in [5, 5.41) is 7.73. The van der Waals surface area contributed by atoms with Crippen LogP contribution in [0.15, 0.2) is 73.6 Å². The zero-order valence-electron chi connectivity index (χ0n) is 24.7. The van der Waals surface area contributed by atoms with Crippen molar-refractivity contribution in [3.05, 3.63) is 90.4 Å². The molecule has 0 spiro atoms. The minimum atomic E-state index is 0.0598. The van der Waals surface area contributed by atoms with Gasteiger partial charge in [-0.2, -0.15) is 5.10 Å². The van der Waals surface area contributed by atoms with Crippen molar-refractivity contribution in [3.8, 4) is 22.9 Å². The number of aromatic nitrogens is 6. The number of amides is 1. The van der Waals surface area contributed by atoms with Crippen LogP contribution in [0.2, 0.25) is 0 Å². The van der Waals surface area contributed by atoms with Crippen molar-refractivity contribution in [2.24, 2.45) is 0 Å². The van der Waals surface area contributed by atoms with Crippen LogP contribution in [0.3, 0.4) is 0 Å². The Kier molecular flexibility index (Phi) is 8.02. The lowest BCUT2D eigenvalue weighted by Crippen LogP contribution is -2.43. The normalized spacial score (nSPS) is 14.8. The summed E-state index contributed by atoms with van der Waals surface area (Å²) in [6.07, 6.45) is 10.5. The Morgan fingerprint density at radius 3 is 2.60 bits per heavy atom. The number of pyridine rings is 2. The fraction of sp³-hybridized carbons (Fsp3) is 0.303. The molecule has 1 amide bonds. The van der Waals surface area contributed by atoms with Gasteiger partial charge in [0, 0.05) is 37.2 Å². The minimum Gasteiger partial charge on any atom is -0.383 e. The van der Waals surface area contributed by atoms with Gasteiger partial charge in [-0.05, 0) is 106 Å². The SMILES string of the molecule is C=CC(=O)N1CCC(NC)CC1.Cc1ccn(-c2ccc3nc(-c4cccnc4N)n(-c4ccc5c(c4)CCC5)c3n2)n1. The zero-order valence-corrected chi connectivity index (χ0v) is 24.7. The van der Waals surface area contributed by atoms with Crippen LogP contribution < -0.4 is 11.1 Å². The molecule has 1 fully saturated rings. The van der Waals surface area contributed by atoms with Gasteiger partial charge in [0.15, 0.2) is 17.3 Å². The molecule has 1 saturated heterocycles. The van der Waals surface area contributed by atoms with Gasteiger partial charge in [-0.25, -0.2) is 19.6 Å². The Labute approximate surface area is 251 Å². The van der Waals surface area contributed by atoms with Gasteiger partial charge in [-0.1, -0.05) is 12.6 Å². The molecule has 3 N–H and O–H groups in total. The van der Waals surface area contributed by atoms with Gasteiger partial charge >= 0.3 is 0 Å². The van der Waals surface area contributed by atoms with E-state index in [2.05, 4.69) is 44.7 Å². The number of aryl methyl sites for hydroxylation is 3. The van der Waals surface area contributed by atoms with Crippen LogP contribution in [0.4, 0.5) is 5.82 Å². The van der Waals surface area contributed by atoms with Crippen LogP contribution in [-0.4, -0.2) is 66.3 Å². The number of rotatable bonds is 5. The summed E-state index contributed by atoms with van der Waals surface area (Å²) in [6, 6.07) is 16.9. The Morgan fingerprint density at radius 2 is 1.88 bits per heavy atom. The molecule has 1 aliphatic carbocycles. The number of nitrogens with one attached hydrogen (secondary N) is 1. The Balaban J connectivity index is 0.000000232. The number of fused-ring (bicyclic) bond motifs is 2. The number of benzene rings is 1. The quantitative estimate of drug-likeness (QED) is 0.298. The van der Waals surface area contributed by atoms with Crippen molar-refractivity contribution in [1.82, 2.24) is 39.5 Å². The van der Waals surface area contributed by atoms with Crippen LogP contribution in [0.5, 0.6) is 0 Å². The molecule has 10 heteroatoms. The number of nitrogen functional groups attached to an aromatic ring is 1. The molecule has 43 heavy (non-hydrogen) atoms. The molecule has 1 aromatic carbocycles. The third-order valence-electron chi connectivity index (χ3n) is 8.26. The predicted octanol–water partition coefficient (Wildman–Crippen LogP) is 4.43. The monoisotopic (exact) mass is 575 g/mol. The molecule has 1 aliphatic heterocycles. The van der Waals surface area contributed by atoms with E-state index < -0.39 is 0 Å². The molecule has 0 unspecified atom stereocenters. The topological polar surface area (TPSA) is 120 Å². The first-order valence-electron chi connectivity index (χ1n) is 14.8. The lowest BCUT2D eigenvalue weighted by Gasteiger charge is -2.30. The summed E-state index contributed by atoms with van der Waals surface area (Å²) in [6.45, 7) is 7.15. The number of carbonyl (C=O) groups excluding carboxylic acids is 1. The highest BCUT2D eigenvalue weighted by atomic mass is 16.2. The molecule has 10 nitrogen and oxygen atoms in total. The standard InChI is InChI=1S/C24H21N7.C9H16N2O/c1-15-11-13-30(29-15)21-10-9-20-24(28-21)31(18-8-7-16-4-2-5-17(16)14-18)23(27-20)19-6-3-12-26-22(19)25;1-3-9(12)11-6-4-8(10-2)5-7-11/h3,6-14H,2,4-5H2,1H3,(H2,25,26);3,8,10H,1,4-7H2,2H3. The second kappa shape index (κ2) is 12.2. The van der Waals surface area contributed by atoms with Gasteiger partial charge in [0.2, 0.25) is 5.91 Å². The first-order valence-corrected chi connectivity index (χ1v) is 14.8. The molecule has 5 heterocycles. The van der Waals surface area contributed by atoms with Crippen molar-refractivity contribution >= 4 is 22.9 Å². The van der Waals surface area contributed by atoms with Gasteiger partial charge < -0.3 is 16.0 Å². The number of carbonyl (C=O) groups is 1. The molecule has 5 aromatic rings. The first-order chi connectivity index (χ1) is 20.9. The molecular formula is C33H37N9O. The smallest absolute Gasteiger partial charge is 0.245 e. The predicted molar refractivity (Wildman–Crippen MR) is 169 cm³/mol. The molecular weight excluding hydrogens is 538 g/mol. The molecule has 0 radical (unpaired) electrons. The van der Waals surface area contributed by atoms with Crippen molar-refractivity contribution in [2.45, 2.75) is 45.1 Å². The number of likely N-dealkylation sites (tertiary alicyclic amines) is 1. The third kappa shape index (κ3) is 5.78. The Morgan fingerprint density at radius 1 is 1.07 bits per heavy atom. The van der Waals surface area contributed by atoms with Gasteiger partial charge in [0.05, 0.1) is 11.3 Å². The third-order valence-corrected chi connectivity index (χ3v) is 8.26. The minimum absolute atomic E-state index is 0.0598. The molecule has 2 aliphatic rings. The van der Waals surface area contributed by atoms with Gasteiger partial charge in [-0.15, -0.1) is 0 Å². The fourth-order valence-electron chi connectivity index (χ4n) is 5.86. The van der Waals surface area contributed by atoms with E-state index in [1.165, 1.54) is 23.6 Å². The van der Waals surface area contributed by atoms with Crippen molar-refractivity contribution in [1.29, 1.82) is 0 Å². The Hall–Kier alpha value is -4.83. The number of hydrogen-bond donors (Lipinski definition) is 2. The number of nitrogens with two attached hydrogens (primary N) is 1. The second-order valence-electron chi connectivity index (χ2n) is 11.0.